The first-order chi connectivity index (χ1) is 15.0. The van der Waals surface area contributed by atoms with E-state index >= 15 is 0 Å². The molecule has 7 heteroatoms. The predicted octanol–water partition coefficient (Wildman–Crippen LogP) is 5.57. The first-order valence-electron chi connectivity index (χ1n) is 10.5. The van der Waals surface area contributed by atoms with Crippen molar-refractivity contribution in [3.05, 3.63) is 70.1 Å². The third-order valence-corrected chi connectivity index (χ3v) is 6.49. The number of rotatable bonds is 3. The lowest BCUT2D eigenvalue weighted by atomic mass is 9.94. The van der Waals surface area contributed by atoms with Crippen molar-refractivity contribution in [2.75, 3.05) is 5.32 Å². The van der Waals surface area contributed by atoms with Crippen LogP contribution in [0.5, 0.6) is 0 Å². The normalized spacial score (nSPS) is 16.6. The van der Waals surface area contributed by atoms with Crippen LogP contribution in [0, 0.1) is 5.82 Å². The summed E-state index contributed by atoms with van der Waals surface area (Å²) in [5.74, 6) is -1.02. The first-order valence-corrected chi connectivity index (χ1v) is 10.9. The fourth-order valence-corrected chi connectivity index (χ4v) is 4.86. The maximum absolute atomic E-state index is 13.5. The van der Waals surface area contributed by atoms with E-state index in [9.17, 15) is 14.0 Å². The zero-order valence-corrected chi connectivity index (χ0v) is 17.6. The van der Waals surface area contributed by atoms with Crippen LogP contribution < -0.4 is 5.32 Å². The van der Waals surface area contributed by atoms with Gasteiger partial charge in [0.25, 0.3) is 11.8 Å². The lowest BCUT2D eigenvalue weighted by Gasteiger charge is -2.30. The molecule has 3 aromatic rings. The van der Waals surface area contributed by atoms with E-state index in [2.05, 4.69) is 10.3 Å². The zero-order chi connectivity index (χ0) is 21.5. The van der Waals surface area contributed by atoms with E-state index in [1.807, 2.05) is 23.1 Å². The number of benzene rings is 2. The predicted molar refractivity (Wildman–Crippen MR) is 118 cm³/mol. The highest BCUT2D eigenvalue weighted by molar-refractivity contribution is 6.31. The van der Waals surface area contributed by atoms with E-state index in [0.29, 0.717) is 40.0 Å². The number of carbonyl (C=O) groups is 2. The molecule has 158 valence electrons. The largest absolute Gasteiger partial charge is 0.330 e. The van der Waals surface area contributed by atoms with Crippen molar-refractivity contribution < 1.29 is 14.0 Å². The number of fused-ring (bicyclic) bond motifs is 2. The number of nitrogens with zero attached hydrogens (tertiary/aromatic N) is 2. The van der Waals surface area contributed by atoms with Crippen LogP contribution in [-0.2, 0) is 6.54 Å². The minimum atomic E-state index is -0.552. The van der Waals surface area contributed by atoms with Crippen LogP contribution in [0.3, 0.4) is 0 Å². The highest BCUT2D eigenvalue weighted by Gasteiger charge is 2.38. The van der Waals surface area contributed by atoms with Gasteiger partial charge in [-0.2, -0.15) is 0 Å². The van der Waals surface area contributed by atoms with E-state index in [4.69, 9.17) is 11.6 Å². The van der Waals surface area contributed by atoms with Gasteiger partial charge in [0.05, 0.1) is 16.1 Å². The Balaban J connectivity index is 1.57. The van der Waals surface area contributed by atoms with E-state index in [0.717, 1.165) is 25.7 Å². The van der Waals surface area contributed by atoms with Crippen LogP contribution in [0.15, 0.2) is 42.5 Å². The van der Waals surface area contributed by atoms with Crippen LogP contribution in [-0.4, -0.2) is 27.7 Å². The Morgan fingerprint density at radius 3 is 2.68 bits per heavy atom. The van der Waals surface area contributed by atoms with Gasteiger partial charge in [0.1, 0.15) is 11.5 Å². The number of hydrogen-bond donors (Lipinski definition) is 1. The maximum atomic E-state index is 13.5. The smallest absolute Gasteiger partial charge is 0.273 e. The zero-order valence-electron chi connectivity index (χ0n) is 16.8. The molecule has 0 saturated heterocycles. The van der Waals surface area contributed by atoms with Gasteiger partial charge in [-0.3, -0.25) is 9.59 Å². The van der Waals surface area contributed by atoms with Crippen molar-refractivity contribution in [2.45, 2.75) is 44.7 Å². The van der Waals surface area contributed by atoms with Crippen LogP contribution in [0.2, 0.25) is 5.02 Å². The van der Waals surface area contributed by atoms with E-state index in [1.54, 1.807) is 6.07 Å². The Bertz CT molecular complexity index is 1210. The maximum Gasteiger partial charge on any atom is 0.273 e. The molecule has 5 nitrogen and oxygen atoms in total. The molecule has 0 radical (unpaired) electrons. The van der Waals surface area contributed by atoms with Crippen molar-refractivity contribution >= 4 is 40.0 Å². The second-order valence-corrected chi connectivity index (χ2v) is 8.55. The van der Waals surface area contributed by atoms with Gasteiger partial charge in [-0.25, -0.2) is 9.37 Å². The number of halogens is 2. The van der Waals surface area contributed by atoms with Crippen molar-refractivity contribution in [2.24, 2.45) is 0 Å². The summed E-state index contributed by atoms with van der Waals surface area (Å²) < 4.78 is 13.5. The average molecular weight is 438 g/mol. The molecule has 2 heterocycles. The Morgan fingerprint density at radius 1 is 1.13 bits per heavy atom. The van der Waals surface area contributed by atoms with E-state index < -0.39 is 5.82 Å². The second-order valence-electron chi connectivity index (χ2n) is 8.14. The molecule has 1 N–H and O–H groups in total. The highest BCUT2D eigenvalue weighted by atomic mass is 35.5. The number of anilines is 1. The van der Waals surface area contributed by atoms with Gasteiger partial charge in [-0.05, 0) is 37.1 Å². The molecule has 1 fully saturated rings. The first kappa shape index (κ1) is 19.9. The molecule has 0 unspecified atom stereocenters. The summed E-state index contributed by atoms with van der Waals surface area (Å²) in [6.45, 7) is 0.379. The van der Waals surface area contributed by atoms with Crippen LogP contribution in [0.25, 0.3) is 10.9 Å². The number of aromatic nitrogens is 1. The molecule has 2 aromatic carbocycles. The summed E-state index contributed by atoms with van der Waals surface area (Å²) in [4.78, 5) is 33.1. The number of para-hydroxylation sites is 1. The molecule has 5 rings (SSSR count). The number of carbonyl (C=O) groups excluding carboxylic acids is 2. The van der Waals surface area contributed by atoms with E-state index in [-0.39, 0.29) is 22.9 Å². The fourth-order valence-electron chi connectivity index (χ4n) is 4.67. The monoisotopic (exact) mass is 437 g/mol. The van der Waals surface area contributed by atoms with Gasteiger partial charge in [0, 0.05) is 29.2 Å². The topological polar surface area (TPSA) is 62.3 Å². The van der Waals surface area contributed by atoms with Crippen molar-refractivity contribution in [1.29, 1.82) is 0 Å². The van der Waals surface area contributed by atoms with Gasteiger partial charge < -0.3 is 10.2 Å². The molecule has 0 bridgehead atoms. The molecule has 1 aromatic heterocycles. The third kappa shape index (κ3) is 3.55. The number of hydrogen-bond acceptors (Lipinski definition) is 3. The highest BCUT2D eigenvalue weighted by Crippen LogP contribution is 2.35. The van der Waals surface area contributed by atoms with Gasteiger partial charge in [-0.15, -0.1) is 0 Å². The summed E-state index contributed by atoms with van der Waals surface area (Å²) in [6.07, 6.45) is 5.38. The Labute approximate surface area is 184 Å². The van der Waals surface area contributed by atoms with Gasteiger partial charge in [0.15, 0.2) is 0 Å². The molecule has 31 heavy (non-hydrogen) atoms. The van der Waals surface area contributed by atoms with Gasteiger partial charge in [0.2, 0.25) is 0 Å². The molecular weight excluding hydrogens is 417 g/mol. The molecule has 1 aliphatic carbocycles. The van der Waals surface area contributed by atoms with Crippen molar-refractivity contribution in [3.63, 3.8) is 0 Å². The molecule has 1 saturated carbocycles. The van der Waals surface area contributed by atoms with Crippen molar-refractivity contribution in [3.8, 4) is 0 Å². The minimum Gasteiger partial charge on any atom is -0.330 e. The quantitative estimate of drug-likeness (QED) is 0.582. The summed E-state index contributed by atoms with van der Waals surface area (Å²) in [5, 5.41) is 3.43. The Morgan fingerprint density at radius 2 is 1.90 bits per heavy atom. The van der Waals surface area contributed by atoms with Crippen LogP contribution >= 0.6 is 11.6 Å². The van der Waals surface area contributed by atoms with Gasteiger partial charge in [-0.1, -0.05) is 49.1 Å². The molecule has 1 aliphatic heterocycles. The molecule has 2 aliphatic rings. The second kappa shape index (κ2) is 7.93. The summed E-state index contributed by atoms with van der Waals surface area (Å²) >= 11 is 5.87. The molecule has 2 amide bonds. The van der Waals surface area contributed by atoms with Gasteiger partial charge >= 0.3 is 0 Å². The summed E-state index contributed by atoms with van der Waals surface area (Å²) in [5.41, 5.74) is 2.43. The molecule has 0 atom stereocenters. The SMILES string of the molecule is O=C(Nc1ccc(F)c(Cl)c1)c1c2c(nc3ccccc13)C(=O)N(C1CCCCC1)C2. The van der Waals surface area contributed by atoms with Crippen molar-refractivity contribution in [1.82, 2.24) is 9.88 Å². The standard InChI is InChI=1S/C24H21ClFN3O2/c25-18-12-14(10-11-19(18)26)27-23(30)21-16-8-4-5-9-20(16)28-22-17(21)13-29(24(22)31)15-6-2-1-3-7-15/h4-5,8-12,15H,1-3,6-7,13H2,(H,27,30). The van der Waals surface area contributed by atoms with E-state index in [1.165, 1.54) is 24.6 Å². The Hall–Kier alpha value is -2.99. The summed E-state index contributed by atoms with van der Waals surface area (Å²) in [6, 6.07) is 11.5. The number of amides is 2. The fraction of sp³-hybridized carbons (Fsp3) is 0.292. The number of pyridine rings is 1. The average Bonchev–Trinajstić information content (AvgIpc) is 3.11. The minimum absolute atomic E-state index is 0.0683. The van der Waals surface area contributed by atoms with Crippen LogP contribution in [0.1, 0.15) is 58.5 Å². The lowest BCUT2D eigenvalue weighted by molar-refractivity contribution is 0.0655. The lowest BCUT2D eigenvalue weighted by Crippen LogP contribution is -2.37. The third-order valence-electron chi connectivity index (χ3n) is 6.21. The number of nitrogens with one attached hydrogen (secondary N) is 1. The Kier molecular flexibility index (Phi) is 5.10. The molecule has 0 spiro atoms. The summed E-state index contributed by atoms with van der Waals surface area (Å²) in [7, 11) is 0. The van der Waals surface area contributed by atoms with Crippen LogP contribution in [0.4, 0.5) is 10.1 Å². The molecular formula is C24H21ClFN3O2.